The van der Waals surface area contributed by atoms with Crippen molar-refractivity contribution in [3.63, 3.8) is 0 Å². The maximum atomic E-state index is 11.9. The first kappa shape index (κ1) is 12.4. The standard InChI is InChI=1S/C12H18N2O2S/c1-2-17(15,16)11-6-4-3-5-10(11)14-12(9-13)7-8-12/h3-6,14H,2,7-9,13H2,1H3. The van der Waals surface area contributed by atoms with E-state index >= 15 is 0 Å². The van der Waals surface area contributed by atoms with Crippen LogP contribution in [0.2, 0.25) is 0 Å². The average Bonchev–Trinajstić information content (AvgIpc) is 3.10. The molecule has 0 spiro atoms. The average molecular weight is 254 g/mol. The molecule has 0 atom stereocenters. The van der Waals surface area contributed by atoms with E-state index in [2.05, 4.69) is 5.32 Å². The third-order valence-electron chi connectivity index (χ3n) is 3.25. The smallest absolute Gasteiger partial charge is 0.180 e. The Morgan fingerprint density at radius 2 is 2.00 bits per heavy atom. The van der Waals surface area contributed by atoms with Crippen LogP contribution < -0.4 is 11.1 Å². The third kappa shape index (κ3) is 2.45. The number of hydrogen-bond donors (Lipinski definition) is 2. The van der Waals surface area contributed by atoms with Gasteiger partial charge in [-0.25, -0.2) is 8.42 Å². The fraction of sp³-hybridized carbons (Fsp3) is 0.500. The van der Waals surface area contributed by atoms with Crippen LogP contribution in [-0.4, -0.2) is 26.3 Å². The molecule has 1 aromatic rings. The third-order valence-corrected chi connectivity index (χ3v) is 5.03. The first-order valence-corrected chi connectivity index (χ1v) is 7.48. The Hall–Kier alpha value is -1.07. The van der Waals surface area contributed by atoms with Crippen LogP contribution >= 0.6 is 0 Å². The molecule has 4 nitrogen and oxygen atoms in total. The summed E-state index contributed by atoms with van der Waals surface area (Å²) in [6, 6.07) is 7.03. The first-order chi connectivity index (χ1) is 8.03. The summed E-state index contributed by atoms with van der Waals surface area (Å²) in [7, 11) is -3.18. The van der Waals surface area contributed by atoms with Gasteiger partial charge in [0, 0.05) is 12.1 Å². The van der Waals surface area contributed by atoms with Crippen LogP contribution in [0.3, 0.4) is 0 Å². The van der Waals surface area contributed by atoms with Crippen molar-refractivity contribution in [3.05, 3.63) is 24.3 Å². The zero-order valence-corrected chi connectivity index (χ0v) is 10.8. The van der Waals surface area contributed by atoms with E-state index in [-0.39, 0.29) is 11.3 Å². The largest absolute Gasteiger partial charge is 0.377 e. The number of nitrogens with one attached hydrogen (secondary N) is 1. The Morgan fingerprint density at radius 1 is 1.35 bits per heavy atom. The lowest BCUT2D eigenvalue weighted by Crippen LogP contribution is -2.31. The molecule has 0 amide bonds. The molecule has 17 heavy (non-hydrogen) atoms. The van der Waals surface area contributed by atoms with E-state index in [1.807, 2.05) is 6.07 Å². The summed E-state index contributed by atoms with van der Waals surface area (Å²) < 4.78 is 23.9. The molecule has 0 heterocycles. The lowest BCUT2D eigenvalue weighted by atomic mass is 10.2. The molecule has 1 fully saturated rings. The summed E-state index contributed by atoms with van der Waals surface area (Å²) in [4.78, 5) is 0.377. The van der Waals surface area contributed by atoms with Crippen molar-refractivity contribution in [2.75, 3.05) is 17.6 Å². The van der Waals surface area contributed by atoms with Gasteiger partial charge < -0.3 is 11.1 Å². The van der Waals surface area contributed by atoms with Gasteiger partial charge in [0.1, 0.15) is 0 Å². The normalized spacial score (nSPS) is 17.8. The Bertz CT molecular complexity index is 507. The zero-order chi connectivity index (χ0) is 12.5. The highest BCUT2D eigenvalue weighted by atomic mass is 32.2. The number of rotatable bonds is 5. The summed E-state index contributed by atoms with van der Waals surface area (Å²) in [6.07, 6.45) is 2.01. The summed E-state index contributed by atoms with van der Waals surface area (Å²) in [5.41, 5.74) is 6.29. The molecule has 0 bridgehead atoms. The molecule has 5 heteroatoms. The second-order valence-electron chi connectivity index (χ2n) is 4.51. The SMILES string of the molecule is CCS(=O)(=O)c1ccccc1NC1(CN)CC1. The van der Waals surface area contributed by atoms with Gasteiger partial charge in [-0.05, 0) is 25.0 Å². The molecule has 1 aromatic carbocycles. The minimum absolute atomic E-state index is 0.0840. The van der Waals surface area contributed by atoms with Gasteiger partial charge in [-0.2, -0.15) is 0 Å². The summed E-state index contributed by atoms with van der Waals surface area (Å²) >= 11 is 0. The quantitative estimate of drug-likeness (QED) is 0.832. The summed E-state index contributed by atoms with van der Waals surface area (Å²) in [6.45, 7) is 2.19. The highest BCUT2D eigenvalue weighted by Gasteiger charge is 2.41. The minimum atomic E-state index is -3.18. The second-order valence-corrected chi connectivity index (χ2v) is 6.76. The number of benzene rings is 1. The molecule has 1 aliphatic carbocycles. The lowest BCUT2D eigenvalue weighted by molar-refractivity contribution is 0.597. The lowest BCUT2D eigenvalue weighted by Gasteiger charge is -2.19. The van der Waals surface area contributed by atoms with E-state index in [9.17, 15) is 8.42 Å². The maximum Gasteiger partial charge on any atom is 0.180 e. The first-order valence-electron chi connectivity index (χ1n) is 5.83. The van der Waals surface area contributed by atoms with Gasteiger partial charge in [0.25, 0.3) is 0 Å². The van der Waals surface area contributed by atoms with Crippen molar-refractivity contribution in [1.29, 1.82) is 0 Å². The van der Waals surface area contributed by atoms with Crippen LogP contribution in [0.5, 0.6) is 0 Å². The Balaban J connectivity index is 2.35. The minimum Gasteiger partial charge on any atom is -0.377 e. The van der Waals surface area contributed by atoms with Gasteiger partial charge in [0.15, 0.2) is 9.84 Å². The number of sulfone groups is 1. The van der Waals surface area contributed by atoms with E-state index < -0.39 is 9.84 Å². The van der Waals surface area contributed by atoms with Crippen LogP contribution in [0.4, 0.5) is 5.69 Å². The van der Waals surface area contributed by atoms with Crippen molar-refractivity contribution >= 4 is 15.5 Å². The predicted octanol–water partition coefficient (Wildman–Crippen LogP) is 1.38. The zero-order valence-electron chi connectivity index (χ0n) is 9.94. The van der Waals surface area contributed by atoms with Crippen LogP contribution in [-0.2, 0) is 9.84 Å². The van der Waals surface area contributed by atoms with Crippen LogP contribution in [0.15, 0.2) is 29.2 Å². The van der Waals surface area contributed by atoms with E-state index in [1.165, 1.54) is 0 Å². The molecular formula is C12H18N2O2S. The van der Waals surface area contributed by atoms with Gasteiger partial charge in [0.2, 0.25) is 0 Å². The van der Waals surface area contributed by atoms with Gasteiger partial charge in [-0.3, -0.25) is 0 Å². The Labute approximate surface area is 102 Å². The van der Waals surface area contributed by atoms with Crippen molar-refractivity contribution in [2.24, 2.45) is 5.73 Å². The molecule has 0 aromatic heterocycles. The van der Waals surface area contributed by atoms with Gasteiger partial charge in [-0.15, -0.1) is 0 Å². The van der Waals surface area contributed by atoms with Crippen LogP contribution in [0.1, 0.15) is 19.8 Å². The van der Waals surface area contributed by atoms with Gasteiger partial charge in [-0.1, -0.05) is 19.1 Å². The molecule has 2 rings (SSSR count). The van der Waals surface area contributed by atoms with E-state index in [0.29, 0.717) is 17.1 Å². The molecule has 94 valence electrons. The van der Waals surface area contributed by atoms with Crippen LogP contribution in [0.25, 0.3) is 0 Å². The van der Waals surface area contributed by atoms with Crippen molar-refractivity contribution in [1.82, 2.24) is 0 Å². The van der Waals surface area contributed by atoms with Crippen molar-refractivity contribution < 1.29 is 8.42 Å². The monoisotopic (exact) mass is 254 g/mol. The van der Waals surface area contributed by atoms with E-state index in [0.717, 1.165) is 12.8 Å². The molecule has 3 N–H and O–H groups in total. The van der Waals surface area contributed by atoms with Crippen LogP contribution in [0, 0.1) is 0 Å². The second kappa shape index (κ2) is 4.31. The fourth-order valence-electron chi connectivity index (χ4n) is 1.81. The van der Waals surface area contributed by atoms with E-state index in [4.69, 9.17) is 5.73 Å². The Morgan fingerprint density at radius 3 is 2.53 bits per heavy atom. The van der Waals surface area contributed by atoms with Gasteiger partial charge in [0.05, 0.1) is 16.3 Å². The number of para-hydroxylation sites is 1. The fourth-order valence-corrected chi connectivity index (χ4v) is 2.86. The van der Waals surface area contributed by atoms with Gasteiger partial charge >= 0.3 is 0 Å². The maximum absolute atomic E-state index is 11.9. The highest BCUT2D eigenvalue weighted by molar-refractivity contribution is 7.91. The number of nitrogens with two attached hydrogens (primary N) is 1. The van der Waals surface area contributed by atoms with Crippen molar-refractivity contribution in [2.45, 2.75) is 30.2 Å². The molecular weight excluding hydrogens is 236 g/mol. The van der Waals surface area contributed by atoms with Crippen molar-refractivity contribution in [3.8, 4) is 0 Å². The molecule has 1 aliphatic rings. The highest BCUT2D eigenvalue weighted by Crippen LogP contribution is 2.39. The molecule has 0 aliphatic heterocycles. The summed E-state index contributed by atoms with van der Waals surface area (Å²) in [5, 5.41) is 3.28. The predicted molar refractivity (Wildman–Crippen MR) is 68.8 cm³/mol. The topological polar surface area (TPSA) is 72.2 Å². The summed E-state index contributed by atoms with van der Waals surface area (Å²) in [5.74, 6) is 0.112. The number of anilines is 1. The molecule has 0 radical (unpaired) electrons. The molecule has 0 unspecified atom stereocenters. The molecule has 0 saturated heterocycles. The molecule has 1 saturated carbocycles. The number of hydrogen-bond acceptors (Lipinski definition) is 4. The Kier molecular flexibility index (Phi) is 3.14. The van der Waals surface area contributed by atoms with E-state index in [1.54, 1.807) is 25.1 Å².